The number of benzene rings is 1. The van der Waals surface area contributed by atoms with Crippen molar-refractivity contribution in [1.82, 2.24) is 0 Å². The summed E-state index contributed by atoms with van der Waals surface area (Å²) in [4.78, 5) is 0. The van der Waals surface area contributed by atoms with Crippen molar-refractivity contribution in [3.63, 3.8) is 0 Å². The molecular weight excluding hydrogens is 230 g/mol. The fourth-order valence-corrected chi connectivity index (χ4v) is 1.15. The number of rotatable bonds is 4. The standard InChI is InChI=1S/C12H12F2O3/c1-16-10-4-5-11(17-8-12(13)14)9(7-10)3-2-6-15/h4-5,7,12,15H,6,8H2,1H3. The van der Waals surface area contributed by atoms with E-state index in [0.717, 1.165) is 0 Å². The summed E-state index contributed by atoms with van der Waals surface area (Å²) >= 11 is 0. The molecule has 0 unspecified atom stereocenters. The molecule has 0 amide bonds. The van der Waals surface area contributed by atoms with Gasteiger partial charge in [-0.3, -0.25) is 0 Å². The Balaban J connectivity index is 2.93. The fourth-order valence-electron chi connectivity index (χ4n) is 1.15. The first-order chi connectivity index (χ1) is 8.17. The maximum atomic E-state index is 12.0. The number of aliphatic hydroxyl groups excluding tert-OH is 1. The van der Waals surface area contributed by atoms with E-state index < -0.39 is 13.0 Å². The molecule has 1 aromatic rings. The smallest absolute Gasteiger partial charge is 0.272 e. The van der Waals surface area contributed by atoms with E-state index in [1.165, 1.54) is 13.2 Å². The third-order valence-electron chi connectivity index (χ3n) is 1.85. The lowest BCUT2D eigenvalue weighted by molar-refractivity contribution is 0.0817. The van der Waals surface area contributed by atoms with Gasteiger partial charge in [-0.05, 0) is 18.2 Å². The van der Waals surface area contributed by atoms with Crippen LogP contribution in [0.5, 0.6) is 11.5 Å². The molecule has 0 saturated carbocycles. The summed E-state index contributed by atoms with van der Waals surface area (Å²) in [6.45, 7) is -1.01. The molecule has 0 heterocycles. The maximum absolute atomic E-state index is 12.0. The van der Waals surface area contributed by atoms with E-state index in [-0.39, 0.29) is 12.4 Å². The molecule has 0 aliphatic carbocycles. The summed E-state index contributed by atoms with van der Waals surface area (Å²) in [6.07, 6.45) is -2.55. The lowest BCUT2D eigenvalue weighted by Crippen LogP contribution is -2.07. The first-order valence-electron chi connectivity index (χ1n) is 4.86. The monoisotopic (exact) mass is 242 g/mol. The number of ether oxygens (including phenoxy) is 2. The van der Waals surface area contributed by atoms with E-state index >= 15 is 0 Å². The molecule has 0 aliphatic rings. The third kappa shape index (κ3) is 4.29. The van der Waals surface area contributed by atoms with Crippen molar-refractivity contribution in [1.29, 1.82) is 0 Å². The van der Waals surface area contributed by atoms with Crippen LogP contribution in [-0.4, -0.2) is 31.9 Å². The molecule has 0 atom stereocenters. The molecule has 0 radical (unpaired) electrons. The van der Waals surface area contributed by atoms with Crippen LogP contribution in [0.1, 0.15) is 5.56 Å². The Morgan fingerprint density at radius 3 is 2.76 bits per heavy atom. The second-order valence-corrected chi connectivity index (χ2v) is 3.02. The van der Waals surface area contributed by atoms with E-state index in [2.05, 4.69) is 11.8 Å². The molecule has 3 nitrogen and oxygen atoms in total. The normalized spacial score (nSPS) is 9.71. The van der Waals surface area contributed by atoms with Crippen molar-refractivity contribution >= 4 is 0 Å². The van der Waals surface area contributed by atoms with Crippen LogP contribution in [0, 0.1) is 11.8 Å². The molecule has 0 aromatic heterocycles. The highest BCUT2D eigenvalue weighted by molar-refractivity contribution is 5.50. The lowest BCUT2D eigenvalue weighted by atomic mass is 10.2. The van der Waals surface area contributed by atoms with Gasteiger partial charge >= 0.3 is 0 Å². The average molecular weight is 242 g/mol. The first kappa shape index (κ1) is 13.3. The van der Waals surface area contributed by atoms with E-state index in [4.69, 9.17) is 14.6 Å². The Kier molecular flexibility index (Phi) is 5.24. The van der Waals surface area contributed by atoms with Crippen LogP contribution in [0.15, 0.2) is 18.2 Å². The van der Waals surface area contributed by atoms with Gasteiger partial charge in [0, 0.05) is 0 Å². The van der Waals surface area contributed by atoms with Crippen LogP contribution in [0.4, 0.5) is 8.78 Å². The van der Waals surface area contributed by atoms with Crippen molar-refractivity contribution in [2.24, 2.45) is 0 Å². The molecular formula is C12H12F2O3. The molecule has 0 saturated heterocycles. The minimum absolute atomic E-state index is 0.243. The van der Waals surface area contributed by atoms with Gasteiger partial charge in [0.25, 0.3) is 6.43 Å². The fraction of sp³-hybridized carbons (Fsp3) is 0.333. The second-order valence-electron chi connectivity index (χ2n) is 3.02. The van der Waals surface area contributed by atoms with Crippen LogP contribution in [0.2, 0.25) is 0 Å². The molecule has 0 bridgehead atoms. The Bertz CT molecular complexity index is 421. The van der Waals surface area contributed by atoms with Gasteiger partial charge < -0.3 is 14.6 Å². The highest BCUT2D eigenvalue weighted by atomic mass is 19.3. The quantitative estimate of drug-likeness (QED) is 0.816. The van der Waals surface area contributed by atoms with E-state index in [1.807, 2.05) is 0 Å². The van der Waals surface area contributed by atoms with Crippen LogP contribution in [0.3, 0.4) is 0 Å². The Morgan fingerprint density at radius 2 is 2.18 bits per heavy atom. The number of halogens is 2. The Hall–Kier alpha value is -1.80. The summed E-state index contributed by atoms with van der Waals surface area (Å²) in [6, 6.07) is 4.65. The Morgan fingerprint density at radius 1 is 1.41 bits per heavy atom. The van der Waals surface area contributed by atoms with Gasteiger partial charge in [-0.15, -0.1) is 0 Å². The van der Waals surface area contributed by atoms with Crippen LogP contribution >= 0.6 is 0 Å². The van der Waals surface area contributed by atoms with E-state index in [0.29, 0.717) is 11.3 Å². The number of aliphatic hydroxyl groups is 1. The largest absolute Gasteiger partial charge is 0.497 e. The zero-order valence-electron chi connectivity index (χ0n) is 9.24. The summed E-state index contributed by atoms with van der Waals surface area (Å²) in [5, 5.41) is 8.60. The van der Waals surface area contributed by atoms with Gasteiger partial charge in [-0.2, -0.15) is 0 Å². The molecule has 0 fully saturated rings. The molecule has 1 rings (SSSR count). The van der Waals surface area contributed by atoms with Crippen LogP contribution in [0.25, 0.3) is 0 Å². The molecule has 0 spiro atoms. The lowest BCUT2D eigenvalue weighted by Gasteiger charge is -2.09. The minimum Gasteiger partial charge on any atom is -0.497 e. The van der Waals surface area contributed by atoms with Gasteiger partial charge in [-0.25, -0.2) is 8.78 Å². The number of alkyl halides is 2. The number of methoxy groups -OCH3 is 1. The van der Waals surface area contributed by atoms with Crippen LogP contribution in [-0.2, 0) is 0 Å². The molecule has 5 heteroatoms. The van der Waals surface area contributed by atoms with Gasteiger partial charge in [0.1, 0.15) is 24.7 Å². The second kappa shape index (κ2) is 6.71. The molecule has 1 aromatic carbocycles. The summed E-state index contributed by atoms with van der Waals surface area (Å²) in [5.74, 6) is 5.82. The Labute approximate surface area is 98.0 Å². The van der Waals surface area contributed by atoms with Crippen molar-refractivity contribution in [2.45, 2.75) is 6.43 Å². The van der Waals surface area contributed by atoms with Crippen molar-refractivity contribution < 1.29 is 23.4 Å². The zero-order valence-corrected chi connectivity index (χ0v) is 9.24. The zero-order chi connectivity index (χ0) is 12.7. The molecule has 17 heavy (non-hydrogen) atoms. The summed E-state index contributed by atoms with van der Waals surface area (Å²) < 4.78 is 33.9. The average Bonchev–Trinajstić information content (AvgIpc) is 2.34. The first-order valence-corrected chi connectivity index (χ1v) is 4.86. The highest BCUT2D eigenvalue weighted by Crippen LogP contribution is 2.23. The number of hydrogen-bond acceptors (Lipinski definition) is 3. The third-order valence-corrected chi connectivity index (χ3v) is 1.85. The topological polar surface area (TPSA) is 38.7 Å². The SMILES string of the molecule is COc1ccc(OCC(F)F)c(C#CCO)c1. The predicted molar refractivity (Wildman–Crippen MR) is 58.5 cm³/mol. The molecule has 0 aliphatic heterocycles. The van der Waals surface area contributed by atoms with Gasteiger partial charge in [0.05, 0.1) is 12.7 Å². The van der Waals surface area contributed by atoms with Gasteiger partial charge in [0.15, 0.2) is 0 Å². The van der Waals surface area contributed by atoms with Crippen LogP contribution < -0.4 is 9.47 Å². The summed E-state index contributed by atoms with van der Waals surface area (Å²) in [5.41, 5.74) is 0.402. The highest BCUT2D eigenvalue weighted by Gasteiger charge is 2.07. The minimum atomic E-state index is -2.55. The van der Waals surface area contributed by atoms with E-state index in [1.54, 1.807) is 12.1 Å². The molecule has 1 N–H and O–H groups in total. The van der Waals surface area contributed by atoms with Gasteiger partial charge in [-0.1, -0.05) is 11.8 Å². The van der Waals surface area contributed by atoms with Gasteiger partial charge in [0.2, 0.25) is 0 Å². The number of hydrogen-bond donors (Lipinski definition) is 1. The predicted octanol–water partition coefficient (Wildman–Crippen LogP) is 1.68. The van der Waals surface area contributed by atoms with Crippen molar-refractivity contribution in [2.75, 3.05) is 20.3 Å². The molecule has 92 valence electrons. The van der Waals surface area contributed by atoms with Crippen molar-refractivity contribution in [3.8, 4) is 23.3 Å². The van der Waals surface area contributed by atoms with E-state index in [9.17, 15) is 8.78 Å². The van der Waals surface area contributed by atoms with Crippen molar-refractivity contribution in [3.05, 3.63) is 23.8 Å². The summed E-state index contributed by atoms with van der Waals surface area (Å²) in [7, 11) is 1.48. The maximum Gasteiger partial charge on any atom is 0.272 e.